The summed E-state index contributed by atoms with van der Waals surface area (Å²) in [6.07, 6.45) is 3.50. The average molecular weight is 278 g/mol. The second-order valence-electron chi connectivity index (χ2n) is 4.88. The molecule has 1 saturated carbocycles. The van der Waals surface area contributed by atoms with Gasteiger partial charge < -0.3 is 20.1 Å². The molecule has 1 aliphatic carbocycles. The van der Waals surface area contributed by atoms with Gasteiger partial charge in [0, 0.05) is 12.6 Å². The van der Waals surface area contributed by atoms with E-state index < -0.39 is 0 Å². The minimum atomic E-state index is -0.132. The molecule has 5 nitrogen and oxygen atoms in total. The van der Waals surface area contributed by atoms with E-state index in [1.807, 2.05) is 0 Å². The zero-order valence-electron chi connectivity index (χ0n) is 12.1. The molecule has 0 radical (unpaired) electrons. The third-order valence-electron chi connectivity index (χ3n) is 3.30. The SMILES string of the molecule is COc1cccc(C(=O)NCCCNC2CC2)c1OC. The number of carbonyl (C=O) groups excluding carboxylic acids is 1. The highest BCUT2D eigenvalue weighted by molar-refractivity contribution is 5.97. The van der Waals surface area contributed by atoms with Crippen LogP contribution in [-0.2, 0) is 0 Å². The normalized spacial score (nSPS) is 13.9. The summed E-state index contributed by atoms with van der Waals surface area (Å²) in [6, 6.07) is 6.00. The Hall–Kier alpha value is -1.75. The summed E-state index contributed by atoms with van der Waals surface area (Å²) in [4.78, 5) is 12.1. The van der Waals surface area contributed by atoms with Crippen LogP contribution < -0.4 is 20.1 Å². The molecular weight excluding hydrogens is 256 g/mol. The van der Waals surface area contributed by atoms with E-state index in [9.17, 15) is 4.79 Å². The summed E-state index contributed by atoms with van der Waals surface area (Å²) in [5.41, 5.74) is 0.502. The van der Waals surface area contributed by atoms with Crippen LogP contribution in [-0.4, -0.2) is 39.3 Å². The molecule has 0 heterocycles. The largest absolute Gasteiger partial charge is 0.493 e. The van der Waals surface area contributed by atoms with E-state index >= 15 is 0 Å². The van der Waals surface area contributed by atoms with Crippen LogP contribution in [0.3, 0.4) is 0 Å². The monoisotopic (exact) mass is 278 g/mol. The summed E-state index contributed by atoms with van der Waals surface area (Å²) in [5.74, 6) is 0.909. The van der Waals surface area contributed by atoms with Crippen LogP contribution in [0.15, 0.2) is 18.2 Å². The molecule has 0 aliphatic heterocycles. The Morgan fingerprint density at radius 1 is 1.25 bits per heavy atom. The van der Waals surface area contributed by atoms with Crippen molar-refractivity contribution in [2.45, 2.75) is 25.3 Å². The smallest absolute Gasteiger partial charge is 0.255 e. The van der Waals surface area contributed by atoms with Crippen LogP contribution in [0.5, 0.6) is 11.5 Å². The van der Waals surface area contributed by atoms with E-state index in [4.69, 9.17) is 9.47 Å². The topological polar surface area (TPSA) is 59.6 Å². The second kappa shape index (κ2) is 7.14. The first kappa shape index (κ1) is 14.7. The van der Waals surface area contributed by atoms with Gasteiger partial charge in [0.1, 0.15) is 0 Å². The lowest BCUT2D eigenvalue weighted by molar-refractivity contribution is 0.0949. The number of ether oxygens (including phenoxy) is 2. The Morgan fingerprint density at radius 3 is 2.70 bits per heavy atom. The second-order valence-corrected chi connectivity index (χ2v) is 4.88. The maximum atomic E-state index is 12.1. The molecule has 20 heavy (non-hydrogen) atoms. The number of amides is 1. The minimum absolute atomic E-state index is 0.132. The van der Waals surface area contributed by atoms with E-state index in [1.54, 1.807) is 25.3 Å². The number of benzene rings is 1. The lowest BCUT2D eigenvalue weighted by Crippen LogP contribution is -2.28. The molecule has 0 aromatic heterocycles. The highest BCUT2D eigenvalue weighted by Crippen LogP contribution is 2.30. The van der Waals surface area contributed by atoms with Crippen LogP contribution in [0.25, 0.3) is 0 Å². The summed E-state index contributed by atoms with van der Waals surface area (Å²) < 4.78 is 10.4. The molecule has 0 saturated heterocycles. The van der Waals surface area contributed by atoms with E-state index in [2.05, 4.69) is 10.6 Å². The lowest BCUT2D eigenvalue weighted by Gasteiger charge is -2.12. The quantitative estimate of drug-likeness (QED) is 0.709. The molecule has 1 amide bonds. The molecule has 1 fully saturated rings. The van der Waals surface area contributed by atoms with Crippen molar-refractivity contribution in [3.05, 3.63) is 23.8 Å². The number of methoxy groups -OCH3 is 2. The van der Waals surface area contributed by atoms with Crippen molar-refractivity contribution < 1.29 is 14.3 Å². The molecule has 2 N–H and O–H groups in total. The predicted octanol–water partition coefficient (Wildman–Crippen LogP) is 1.58. The number of hydrogen-bond donors (Lipinski definition) is 2. The molecule has 0 spiro atoms. The van der Waals surface area contributed by atoms with Crippen molar-refractivity contribution in [3.63, 3.8) is 0 Å². The zero-order valence-corrected chi connectivity index (χ0v) is 12.1. The highest BCUT2D eigenvalue weighted by Gasteiger charge is 2.19. The number of para-hydroxylation sites is 1. The van der Waals surface area contributed by atoms with Gasteiger partial charge in [-0.05, 0) is 37.9 Å². The standard InChI is InChI=1S/C15H22N2O3/c1-19-13-6-3-5-12(14(13)20-2)15(18)17-10-4-9-16-11-7-8-11/h3,5-6,11,16H,4,7-10H2,1-2H3,(H,17,18). The summed E-state index contributed by atoms with van der Waals surface area (Å²) in [6.45, 7) is 1.60. The maximum Gasteiger partial charge on any atom is 0.255 e. The highest BCUT2D eigenvalue weighted by atomic mass is 16.5. The Balaban J connectivity index is 1.84. The summed E-state index contributed by atoms with van der Waals surface area (Å²) in [5, 5.41) is 6.32. The number of nitrogens with one attached hydrogen (secondary N) is 2. The van der Waals surface area contributed by atoms with Crippen molar-refractivity contribution in [3.8, 4) is 11.5 Å². The fourth-order valence-electron chi connectivity index (χ4n) is 2.05. The number of hydrogen-bond acceptors (Lipinski definition) is 4. The van der Waals surface area contributed by atoms with Gasteiger partial charge in [0.05, 0.1) is 19.8 Å². The van der Waals surface area contributed by atoms with Gasteiger partial charge in [0.15, 0.2) is 11.5 Å². The van der Waals surface area contributed by atoms with Crippen LogP contribution in [0.4, 0.5) is 0 Å². The van der Waals surface area contributed by atoms with E-state index in [0.717, 1.165) is 13.0 Å². The molecule has 0 bridgehead atoms. The summed E-state index contributed by atoms with van der Waals surface area (Å²) >= 11 is 0. The molecule has 0 unspecified atom stereocenters. The fourth-order valence-corrected chi connectivity index (χ4v) is 2.05. The third-order valence-corrected chi connectivity index (χ3v) is 3.30. The Bertz CT molecular complexity index is 458. The van der Waals surface area contributed by atoms with Crippen molar-refractivity contribution in [1.29, 1.82) is 0 Å². The Morgan fingerprint density at radius 2 is 2.05 bits per heavy atom. The Kier molecular flexibility index (Phi) is 5.24. The third kappa shape index (κ3) is 3.87. The maximum absolute atomic E-state index is 12.1. The first-order valence-electron chi connectivity index (χ1n) is 6.99. The molecule has 1 aromatic rings. The molecule has 1 aliphatic rings. The first-order chi connectivity index (χ1) is 9.76. The van der Waals surface area contributed by atoms with Crippen LogP contribution in [0.1, 0.15) is 29.6 Å². The van der Waals surface area contributed by atoms with Gasteiger partial charge in [0.2, 0.25) is 0 Å². The molecule has 5 heteroatoms. The first-order valence-corrected chi connectivity index (χ1v) is 6.99. The van der Waals surface area contributed by atoms with Crippen LogP contribution >= 0.6 is 0 Å². The van der Waals surface area contributed by atoms with Gasteiger partial charge in [-0.25, -0.2) is 0 Å². The summed E-state index contributed by atoms with van der Waals surface area (Å²) in [7, 11) is 3.09. The Labute approximate surface area is 119 Å². The van der Waals surface area contributed by atoms with Gasteiger partial charge in [-0.3, -0.25) is 4.79 Å². The van der Waals surface area contributed by atoms with E-state index in [-0.39, 0.29) is 5.91 Å². The number of rotatable bonds is 8. The molecule has 2 rings (SSSR count). The van der Waals surface area contributed by atoms with Crippen molar-refractivity contribution >= 4 is 5.91 Å². The van der Waals surface area contributed by atoms with Crippen molar-refractivity contribution in [2.75, 3.05) is 27.3 Å². The van der Waals surface area contributed by atoms with Gasteiger partial charge in [-0.2, -0.15) is 0 Å². The van der Waals surface area contributed by atoms with Gasteiger partial charge >= 0.3 is 0 Å². The predicted molar refractivity (Wildman–Crippen MR) is 77.5 cm³/mol. The van der Waals surface area contributed by atoms with Gasteiger partial charge in [-0.15, -0.1) is 0 Å². The number of carbonyl (C=O) groups is 1. The molecule has 0 atom stereocenters. The lowest BCUT2D eigenvalue weighted by atomic mass is 10.1. The van der Waals surface area contributed by atoms with Crippen molar-refractivity contribution in [1.82, 2.24) is 10.6 Å². The fraction of sp³-hybridized carbons (Fsp3) is 0.533. The zero-order chi connectivity index (χ0) is 14.4. The molecule has 1 aromatic carbocycles. The van der Waals surface area contributed by atoms with Crippen LogP contribution in [0.2, 0.25) is 0 Å². The van der Waals surface area contributed by atoms with E-state index in [0.29, 0.717) is 29.6 Å². The van der Waals surface area contributed by atoms with E-state index in [1.165, 1.54) is 20.0 Å². The van der Waals surface area contributed by atoms with Crippen LogP contribution in [0, 0.1) is 0 Å². The molecule has 110 valence electrons. The minimum Gasteiger partial charge on any atom is -0.493 e. The van der Waals surface area contributed by atoms with Gasteiger partial charge in [0.25, 0.3) is 5.91 Å². The van der Waals surface area contributed by atoms with Crippen molar-refractivity contribution in [2.24, 2.45) is 0 Å². The van der Waals surface area contributed by atoms with Gasteiger partial charge in [-0.1, -0.05) is 6.07 Å². The average Bonchev–Trinajstić information content (AvgIpc) is 3.29. The molecular formula is C15H22N2O3.